The highest BCUT2D eigenvalue weighted by molar-refractivity contribution is 5.79. The number of carbonyl (C=O) groups excluding carboxylic acids is 1. The topological polar surface area (TPSA) is 23.6 Å². The van der Waals surface area contributed by atoms with Gasteiger partial charge in [-0.25, -0.2) is 0 Å². The van der Waals surface area contributed by atoms with Crippen LogP contribution in [0.15, 0.2) is 30.3 Å². The fraction of sp³-hybridized carbons (Fsp3) is 0.720. The second-order valence-corrected chi connectivity index (χ2v) is 9.72. The molecule has 1 saturated carbocycles. The summed E-state index contributed by atoms with van der Waals surface area (Å²) >= 11 is 0. The van der Waals surface area contributed by atoms with E-state index in [1.807, 2.05) is 0 Å². The van der Waals surface area contributed by atoms with Gasteiger partial charge in [0.25, 0.3) is 0 Å². The maximum Gasteiger partial charge on any atom is 0.226 e. The number of nitrogens with zero attached hydrogens (tertiary/aromatic N) is 2. The van der Waals surface area contributed by atoms with Gasteiger partial charge in [-0.05, 0) is 68.9 Å². The molecule has 2 aliphatic heterocycles. The molecule has 4 rings (SSSR count). The van der Waals surface area contributed by atoms with Crippen LogP contribution in [0.5, 0.6) is 0 Å². The molecule has 0 unspecified atom stereocenters. The number of hydrogen-bond acceptors (Lipinski definition) is 2. The molecule has 1 aromatic carbocycles. The second-order valence-electron chi connectivity index (χ2n) is 9.72. The molecule has 1 amide bonds. The quantitative estimate of drug-likeness (QED) is 0.750. The zero-order chi connectivity index (χ0) is 19.3. The Balaban J connectivity index is 1.26. The Labute approximate surface area is 171 Å². The van der Waals surface area contributed by atoms with Crippen molar-refractivity contribution >= 4 is 5.91 Å². The molecule has 154 valence electrons. The van der Waals surface area contributed by atoms with Gasteiger partial charge in [-0.15, -0.1) is 0 Å². The summed E-state index contributed by atoms with van der Waals surface area (Å²) in [6.07, 6.45) is 11.2. The molecule has 3 fully saturated rings. The molecule has 0 bridgehead atoms. The van der Waals surface area contributed by atoms with Crippen LogP contribution in [0.3, 0.4) is 0 Å². The third kappa shape index (κ3) is 4.97. The lowest BCUT2D eigenvalue weighted by atomic mass is 9.84. The van der Waals surface area contributed by atoms with E-state index in [0.717, 1.165) is 56.8 Å². The van der Waals surface area contributed by atoms with Crippen molar-refractivity contribution in [3.63, 3.8) is 0 Å². The molecule has 2 heterocycles. The molecule has 0 spiro atoms. The van der Waals surface area contributed by atoms with Crippen LogP contribution in [0, 0.1) is 17.8 Å². The molecule has 3 nitrogen and oxygen atoms in total. The number of amides is 1. The molecule has 0 radical (unpaired) electrons. The van der Waals surface area contributed by atoms with Gasteiger partial charge in [0.2, 0.25) is 5.91 Å². The first-order chi connectivity index (χ1) is 13.7. The highest BCUT2D eigenvalue weighted by atomic mass is 16.2. The van der Waals surface area contributed by atoms with Crippen molar-refractivity contribution in [3.05, 3.63) is 35.9 Å². The van der Waals surface area contributed by atoms with E-state index in [9.17, 15) is 4.79 Å². The smallest absolute Gasteiger partial charge is 0.226 e. The van der Waals surface area contributed by atoms with Gasteiger partial charge in [-0.3, -0.25) is 9.69 Å². The Hall–Kier alpha value is -1.35. The zero-order valence-electron chi connectivity index (χ0n) is 17.7. The third-order valence-electron chi connectivity index (χ3n) is 7.52. The van der Waals surface area contributed by atoms with Gasteiger partial charge in [-0.1, -0.05) is 50.1 Å². The Kier molecular flexibility index (Phi) is 6.72. The van der Waals surface area contributed by atoms with Crippen molar-refractivity contribution in [1.82, 2.24) is 9.80 Å². The number of carbonyl (C=O) groups is 1. The third-order valence-corrected chi connectivity index (χ3v) is 7.52. The van der Waals surface area contributed by atoms with Gasteiger partial charge < -0.3 is 4.90 Å². The predicted octanol–water partition coefficient (Wildman–Crippen LogP) is 4.76. The van der Waals surface area contributed by atoms with Crippen molar-refractivity contribution < 1.29 is 4.79 Å². The summed E-state index contributed by atoms with van der Waals surface area (Å²) in [5, 5.41) is 0. The van der Waals surface area contributed by atoms with Crippen LogP contribution in [0.2, 0.25) is 0 Å². The number of hydrogen-bond donors (Lipinski definition) is 0. The highest BCUT2D eigenvalue weighted by Gasteiger charge is 2.34. The molecule has 1 aliphatic carbocycles. The fourth-order valence-electron chi connectivity index (χ4n) is 5.84. The lowest BCUT2D eigenvalue weighted by molar-refractivity contribution is -0.139. The number of likely N-dealkylation sites (tertiary alicyclic amines) is 2. The van der Waals surface area contributed by atoms with Gasteiger partial charge in [-0.2, -0.15) is 0 Å². The summed E-state index contributed by atoms with van der Waals surface area (Å²) in [5.74, 6) is 2.29. The molecule has 1 aromatic rings. The number of piperidine rings is 2. The van der Waals surface area contributed by atoms with Gasteiger partial charge in [0.15, 0.2) is 0 Å². The molecule has 2 saturated heterocycles. The van der Waals surface area contributed by atoms with Gasteiger partial charge in [0.1, 0.15) is 0 Å². The van der Waals surface area contributed by atoms with E-state index in [1.165, 1.54) is 50.6 Å². The van der Waals surface area contributed by atoms with Crippen molar-refractivity contribution in [3.8, 4) is 0 Å². The average Bonchev–Trinajstić information content (AvgIpc) is 2.75. The van der Waals surface area contributed by atoms with Crippen molar-refractivity contribution in [2.45, 2.75) is 70.8 Å². The Morgan fingerprint density at radius 3 is 2.50 bits per heavy atom. The lowest BCUT2D eigenvalue weighted by Crippen LogP contribution is -2.50. The molecule has 3 atom stereocenters. The van der Waals surface area contributed by atoms with Crippen LogP contribution >= 0.6 is 0 Å². The molecular formula is C25H38N2O. The molecule has 0 N–H and O–H groups in total. The minimum Gasteiger partial charge on any atom is -0.342 e. The van der Waals surface area contributed by atoms with E-state index in [-0.39, 0.29) is 5.92 Å². The molecule has 28 heavy (non-hydrogen) atoms. The average molecular weight is 383 g/mol. The van der Waals surface area contributed by atoms with E-state index in [2.05, 4.69) is 47.1 Å². The largest absolute Gasteiger partial charge is 0.342 e. The van der Waals surface area contributed by atoms with E-state index >= 15 is 0 Å². The molecular weight excluding hydrogens is 344 g/mol. The van der Waals surface area contributed by atoms with Gasteiger partial charge in [0.05, 0.1) is 5.92 Å². The molecule has 3 heteroatoms. The first-order valence-corrected chi connectivity index (χ1v) is 11.8. The number of benzene rings is 1. The fourth-order valence-corrected chi connectivity index (χ4v) is 5.84. The lowest BCUT2D eigenvalue weighted by Gasteiger charge is -2.42. The molecule has 0 aromatic heterocycles. The van der Waals surface area contributed by atoms with Crippen LogP contribution in [-0.2, 0) is 11.2 Å². The second kappa shape index (κ2) is 9.43. The van der Waals surface area contributed by atoms with Crippen LogP contribution in [0.4, 0.5) is 0 Å². The maximum absolute atomic E-state index is 13.2. The van der Waals surface area contributed by atoms with Crippen molar-refractivity contribution in [1.29, 1.82) is 0 Å². The Bertz CT molecular complexity index is 623. The van der Waals surface area contributed by atoms with E-state index < -0.39 is 0 Å². The normalized spacial score (nSPS) is 30.3. The summed E-state index contributed by atoms with van der Waals surface area (Å²) in [6, 6.07) is 11.6. The van der Waals surface area contributed by atoms with Crippen LogP contribution < -0.4 is 0 Å². The van der Waals surface area contributed by atoms with Crippen LogP contribution in [0.1, 0.15) is 63.9 Å². The summed E-state index contributed by atoms with van der Waals surface area (Å²) in [4.78, 5) is 18.1. The predicted molar refractivity (Wildman–Crippen MR) is 115 cm³/mol. The van der Waals surface area contributed by atoms with Crippen molar-refractivity contribution in [2.75, 3.05) is 26.2 Å². The summed E-state index contributed by atoms with van der Waals surface area (Å²) < 4.78 is 0. The number of rotatable bonds is 4. The standard InChI is InChI=1S/C25H38N2O/c1-20-7-5-11-24(17-20)27-14-6-10-23(19-27)25(28)26-15-12-22(13-16-26)18-21-8-3-2-4-9-21/h2-4,8-9,20,22-24H,5-7,10-19H2,1H3/t20-,23-,24-/m1/s1. The van der Waals surface area contributed by atoms with Crippen molar-refractivity contribution in [2.24, 2.45) is 17.8 Å². The van der Waals surface area contributed by atoms with E-state index in [0.29, 0.717) is 5.91 Å². The minimum atomic E-state index is 0.247. The summed E-state index contributed by atoms with van der Waals surface area (Å²) in [7, 11) is 0. The van der Waals surface area contributed by atoms with Crippen LogP contribution in [-0.4, -0.2) is 47.9 Å². The van der Waals surface area contributed by atoms with E-state index in [1.54, 1.807) is 0 Å². The minimum absolute atomic E-state index is 0.247. The van der Waals surface area contributed by atoms with Crippen LogP contribution in [0.25, 0.3) is 0 Å². The van der Waals surface area contributed by atoms with Gasteiger partial charge in [0, 0.05) is 25.7 Å². The summed E-state index contributed by atoms with van der Waals surface area (Å²) in [6.45, 7) is 6.55. The SMILES string of the molecule is C[C@@H]1CCC[C@@H](N2CCC[C@@H](C(=O)N3CCC(Cc4ccccc4)CC3)C2)C1. The summed E-state index contributed by atoms with van der Waals surface area (Å²) in [5.41, 5.74) is 1.44. The molecule has 3 aliphatic rings. The Morgan fingerprint density at radius 2 is 1.75 bits per heavy atom. The van der Waals surface area contributed by atoms with E-state index in [4.69, 9.17) is 0 Å². The monoisotopic (exact) mass is 382 g/mol. The first kappa shape index (κ1) is 19.9. The first-order valence-electron chi connectivity index (χ1n) is 11.8. The highest BCUT2D eigenvalue weighted by Crippen LogP contribution is 2.31. The zero-order valence-corrected chi connectivity index (χ0v) is 17.7. The Morgan fingerprint density at radius 1 is 0.964 bits per heavy atom. The maximum atomic E-state index is 13.2. The van der Waals surface area contributed by atoms with Gasteiger partial charge >= 0.3 is 0 Å².